The van der Waals surface area contributed by atoms with Crippen LogP contribution in [0.1, 0.15) is 8.30 Å². The van der Waals surface area contributed by atoms with Gasteiger partial charge in [0.15, 0.2) is 0 Å². The van der Waals surface area contributed by atoms with Crippen LogP contribution in [-0.4, -0.2) is 16.8 Å². The molecule has 0 N–H and O–H groups in total. The minimum absolute atomic E-state index is 0.626. The Morgan fingerprint density at radius 1 is 1.33 bits per heavy atom. The van der Waals surface area contributed by atoms with Crippen LogP contribution in [0.5, 0.6) is 0 Å². The third kappa shape index (κ3) is 1.16. The molecule has 1 aromatic heterocycles. The zero-order valence-electron chi connectivity index (χ0n) is 10.7. The van der Waals surface area contributed by atoms with Crippen molar-refractivity contribution in [2.45, 2.75) is 6.50 Å². The smallest absolute Gasteiger partial charge is 0.0993 e. The fourth-order valence-electron chi connectivity index (χ4n) is 1.98. The van der Waals surface area contributed by atoms with Crippen LogP contribution in [0.2, 0.25) is 0 Å². The Morgan fingerprint density at radius 3 is 3.00 bits per heavy atom. The summed E-state index contributed by atoms with van der Waals surface area (Å²) >= 11 is 0. The van der Waals surface area contributed by atoms with Gasteiger partial charge in [-0.2, -0.15) is 5.10 Å². The maximum Gasteiger partial charge on any atom is 0.0993 e. The average molecular weight is 201 g/mol. The molecule has 3 heteroatoms. The highest BCUT2D eigenvalue weighted by Crippen LogP contribution is 2.36. The van der Waals surface area contributed by atoms with Crippen LogP contribution in [0.15, 0.2) is 30.5 Å². The molecule has 0 bridgehead atoms. The van der Waals surface area contributed by atoms with Gasteiger partial charge in [0.2, 0.25) is 0 Å². The number of nitrogens with zero attached hydrogens (tertiary/aromatic N) is 3. The maximum absolute atomic E-state index is 8.20. The number of rotatable bonds is 0. The van der Waals surface area contributed by atoms with Crippen molar-refractivity contribution in [3.05, 3.63) is 36.0 Å². The van der Waals surface area contributed by atoms with Crippen LogP contribution >= 0.6 is 0 Å². The van der Waals surface area contributed by atoms with Gasteiger partial charge in [0, 0.05) is 43.6 Å². The Labute approximate surface area is 91.8 Å². The molecule has 0 radical (unpaired) electrons. The summed E-state index contributed by atoms with van der Waals surface area (Å²) < 4.78 is 18.1. The predicted molar refractivity (Wildman–Crippen MR) is 60.8 cm³/mol. The van der Waals surface area contributed by atoms with E-state index in [1.165, 1.54) is 0 Å². The molecule has 2 aromatic rings. The van der Waals surface area contributed by atoms with Crippen molar-refractivity contribution in [1.82, 2.24) is 9.78 Å². The normalized spacial score (nSPS) is 18.9. The summed E-state index contributed by atoms with van der Waals surface area (Å²) in [5.74, 6) is 0. The van der Waals surface area contributed by atoms with E-state index in [4.69, 9.17) is 2.74 Å². The lowest BCUT2D eigenvalue weighted by molar-refractivity contribution is 0.770. The molecule has 1 aromatic carbocycles. The van der Waals surface area contributed by atoms with Crippen LogP contribution in [-0.2, 0) is 13.5 Å². The molecule has 1 aliphatic rings. The molecule has 0 saturated heterocycles. The first kappa shape index (κ1) is 6.67. The summed E-state index contributed by atoms with van der Waals surface area (Å²) in [6.45, 7) is -1.52. The molecular formula is C12H13N3. The van der Waals surface area contributed by atoms with Crippen molar-refractivity contribution in [3.63, 3.8) is 0 Å². The quantitative estimate of drug-likeness (QED) is 0.650. The van der Waals surface area contributed by atoms with E-state index in [1.54, 1.807) is 22.8 Å². The van der Waals surface area contributed by atoms with Crippen LogP contribution in [0, 0.1) is 0 Å². The monoisotopic (exact) mass is 201 g/mol. The Hall–Kier alpha value is -1.77. The maximum atomic E-state index is 8.20. The van der Waals surface area contributed by atoms with E-state index >= 15 is 0 Å². The summed E-state index contributed by atoms with van der Waals surface area (Å²) in [6, 6.07) is 7.77. The number of hydrogen-bond donors (Lipinski definition) is 0. The van der Waals surface area contributed by atoms with Crippen molar-refractivity contribution in [3.8, 4) is 11.3 Å². The molecule has 3 rings (SSSR count). The fraction of sp³-hybridized carbons (Fsp3) is 0.250. The van der Waals surface area contributed by atoms with Gasteiger partial charge in [0.05, 0.1) is 8.44 Å². The highest BCUT2D eigenvalue weighted by atomic mass is 15.3. The number of benzene rings is 1. The topological polar surface area (TPSA) is 21.1 Å². The summed E-state index contributed by atoms with van der Waals surface area (Å²) in [5, 5.41) is 4.37. The number of para-hydroxylation sites is 1. The third-order valence-electron chi connectivity index (χ3n) is 2.64. The Balaban J connectivity index is 2.37. The van der Waals surface area contributed by atoms with Gasteiger partial charge in [-0.05, 0) is 6.07 Å². The predicted octanol–water partition coefficient (Wildman–Crippen LogP) is 2.04. The zero-order valence-corrected chi connectivity index (χ0v) is 8.73. The lowest BCUT2D eigenvalue weighted by atomic mass is 10.0. The molecule has 2 heterocycles. The molecule has 0 saturated carbocycles. The molecule has 3 nitrogen and oxygen atoms in total. The van der Waals surface area contributed by atoms with Gasteiger partial charge in [0.1, 0.15) is 0 Å². The third-order valence-corrected chi connectivity index (χ3v) is 2.64. The van der Waals surface area contributed by atoms with Crippen LogP contribution in [0.3, 0.4) is 0 Å². The standard InChI is InChI=1S/C12H13N3/c1-14-7-9-8-15(2)13-12(9)10-5-3-4-6-11(10)14/h3-6,8H,7H2,1-2H3/i7D2. The second kappa shape index (κ2) is 2.86. The molecule has 15 heavy (non-hydrogen) atoms. The van der Waals surface area contributed by atoms with E-state index in [9.17, 15) is 0 Å². The van der Waals surface area contributed by atoms with E-state index < -0.39 is 6.50 Å². The summed E-state index contributed by atoms with van der Waals surface area (Å²) in [5.41, 5.74) is 3.23. The molecular weight excluding hydrogens is 186 g/mol. The number of aromatic nitrogens is 2. The summed E-state index contributed by atoms with van der Waals surface area (Å²) in [6.07, 6.45) is 1.75. The van der Waals surface area contributed by atoms with Crippen LogP contribution in [0.4, 0.5) is 5.69 Å². The zero-order chi connectivity index (χ0) is 12.2. The van der Waals surface area contributed by atoms with Gasteiger partial charge in [-0.1, -0.05) is 18.2 Å². The number of hydrogen-bond acceptors (Lipinski definition) is 2. The molecule has 0 amide bonds. The second-order valence-electron chi connectivity index (χ2n) is 3.75. The van der Waals surface area contributed by atoms with Crippen LogP contribution < -0.4 is 4.90 Å². The first-order valence-electron chi connectivity index (χ1n) is 5.89. The largest absolute Gasteiger partial charge is 0.370 e. The lowest BCUT2D eigenvalue weighted by Crippen LogP contribution is -2.20. The molecule has 0 atom stereocenters. The van der Waals surface area contributed by atoms with Gasteiger partial charge in [-0.15, -0.1) is 0 Å². The first-order valence-corrected chi connectivity index (χ1v) is 4.89. The Morgan fingerprint density at radius 2 is 2.13 bits per heavy atom. The van der Waals surface area contributed by atoms with E-state index in [-0.39, 0.29) is 0 Å². The SMILES string of the molecule is [2H]C1([2H])c2cn(C)nc2-c2ccccc2N1C. The van der Waals surface area contributed by atoms with Crippen molar-refractivity contribution < 1.29 is 2.74 Å². The van der Waals surface area contributed by atoms with Gasteiger partial charge < -0.3 is 4.90 Å². The first-order chi connectivity index (χ1) is 8.01. The molecule has 0 unspecified atom stereocenters. The highest BCUT2D eigenvalue weighted by Gasteiger charge is 2.21. The van der Waals surface area contributed by atoms with Gasteiger partial charge in [0.25, 0.3) is 0 Å². The van der Waals surface area contributed by atoms with E-state index in [0.29, 0.717) is 5.56 Å². The van der Waals surface area contributed by atoms with Crippen LogP contribution in [0.25, 0.3) is 11.3 Å². The molecule has 0 spiro atoms. The average Bonchev–Trinajstić information content (AvgIpc) is 2.70. The van der Waals surface area contributed by atoms with Gasteiger partial charge in [-0.25, -0.2) is 0 Å². The number of anilines is 1. The molecule has 1 aliphatic heterocycles. The Bertz CT molecular complexity index is 589. The van der Waals surface area contributed by atoms with Crippen molar-refractivity contribution in [2.24, 2.45) is 7.05 Å². The van der Waals surface area contributed by atoms with Crippen molar-refractivity contribution in [1.29, 1.82) is 0 Å². The second-order valence-corrected chi connectivity index (χ2v) is 3.75. The number of aryl methyl sites for hydroxylation is 1. The molecule has 0 fully saturated rings. The van der Waals surface area contributed by atoms with Crippen molar-refractivity contribution >= 4 is 5.69 Å². The molecule has 76 valence electrons. The highest BCUT2D eigenvalue weighted by molar-refractivity contribution is 5.80. The van der Waals surface area contributed by atoms with Gasteiger partial charge in [-0.3, -0.25) is 4.68 Å². The van der Waals surface area contributed by atoms with E-state index in [0.717, 1.165) is 16.9 Å². The van der Waals surface area contributed by atoms with E-state index in [1.807, 2.05) is 31.3 Å². The summed E-state index contributed by atoms with van der Waals surface area (Å²) in [7, 11) is 3.59. The van der Waals surface area contributed by atoms with Gasteiger partial charge >= 0.3 is 0 Å². The lowest BCUT2D eigenvalue weighted by Gasteiger charge is -2.26. The number of fused-ring (bicyclic) bond motifs is 3. The Kier molecular flexibility index (Phi) is 1.27. The minimum Gasteiger partial charge on any atom is -0.370 e. The fourth-order valence-corrected chi connectivity index (χ4v) is 1.98. The van der Waals surface area contributed by atoms with E-state index in [2.05, 4.69) is 5.10 Å². The minimum atomic E-state index is -1.52. The molecule has 0 aliphatic carbocycles. The van der Waals surface area contributed by atoms with Crippen molar-refractivity contribution in [2.75, 3.05) is 11.9 Å². The summed E-state index contributed by atoms with van der Waals surface area (Å²) in [4.78, 5) is 1.66.